The molecule has 1 saturated carbocycles. The first-order chi connectivity index (χ1) is 11.6. The van der Waals surface area contributed by atoms with E-state index in [0.717, 1.165) is 77.8 Å². The number of carbonyl (C=O) groups excluding carboxylic acids is 2. The number of rotatable bonds is 4. The Hall–Kier alpha value is -0.560. The maximum absolute atomic E-state index is 12.6. The summed E-state index contributed by atoms with van der Waals surface area (Å²) in [4.78, 5) is 31.1. The average molecular weight is 409 g/mol. The topological polar surface area (TPSA) is 69.9 Å². The van der Waals surface area contributed by atoms with Gasteiger partial charge >= 0.3 is 0 Å². The number of hydrogen-bond acceptors (Lipinski definition) is 4. The molecule has 2 saturated heterocycles. The lowest BCUT2D eigenvalue weighted by Crippen LogP contribution is -2.41. The molecule has 6 nitrogen and oxygen atoms in total. The standard InChI is InChI=1S/C18H32N4O2.2ClH/c19-16-6-3-5-15(16)13-17(23)22-10-4-7-20(11-12-22)14-18(24)21-8-1-2-9-21;;/h15-16H,1-14,19H2;2*1H/t15-,16+;;/m0../s1. The maximum atomic E-state index is 12.6. The van der Waals surface area contributed by atoms with E-state index in [9.17, 15) is 9.59 Å². The van der Waals surface area contributed by atoms with Crippen LogP contribution in [0, 0.1) is 5.92 Å². The van der Waals surface area contributed by atoms with E-state index in [-0.39, 0.29) is 42.7 Å². The van der Waals surface area contributed by atoms with Crippen LogP contribution >= 0.6 is 24.8 Å². The minimum Gasteiger partial charge on any atom is -0.342 e. The van der Waals surface area contributed by atoms with Gasteiger partial charge in [-0.1, -0.05) is 6.42 Å². The molecule has 0 spiro atoms. The zero-order valence-corrected chi connectivity index (χ0v) is 17.2. The Bertz CT molecular complexity index is 460. The fourth-order valence-electron chi connectivity index (χ4n) is 4.31. The summed E-state index contributed by atoms with van der Waals surface area (Å²) in [6.07, 6.45) is 7.14. The van der Waals surface area contributed by atoms with Crippen molar-refractivity contribution in [2.45, 2.75) is 51.0 Å². The average Bonchev–Trinajstić information content (AvgIpc) is 3.17. The van der Waals surface area contributed by atoms with Crippen LogP contribution in [0.3, 0.4) is 0 Å². The molecule has 0 bridgehead atoms. The molecule has 1 aliphatic carbocycles. The number of likely N-dealkylation sites (tertiary alicyclic amines) is 1. The molecule has 2 atom stereocenters. The van der Waals surface area contributed by atoms with Crippen molar-refractivity contribution in [3.8, 4) is 0 Å². The van der Waals surface area contributed by atoms with Crippen LogP contribution in [0.2, 0.25) is 0 Å². The third kappa shape index (κ3) is 6.25. The number of nitrogens with zero attached hydrogens (tertiary/aromatic N) is 3. The minimum atomic E-state index is 0. The molecule has 2 N–H and O–H groups in total. The van der Waals surface area contributed by atoms with Crippen molar-refractivity contribution in [3.63, 3.8) is 0 Å². The quantitative estimate of drug-likeness (QED) is 0.764. The molecule has 3 aliphatic rings. The highest BCUT2D eigenvalue weighted by Crippen LogP contribution is 2.27. The highest BCUT2D eigenvalue weighted by Gasteiger charge is 2.29. The van der Waals surface area contributed by atoms with Gasteiger partial charge in [-0.15, -0.1) is 24.8 Å². The van der Waals surface area contributed by atoms with Crippen molar-refractivity contribution in [1.82, 2.24) is 14.7 Å². The van der Waals surface area contributed by atoms with Crippen LogP contribution in [-0.2, 0) is 9.59 Å². The first kappa shape index (κ1) is 23.5. The van der Waals surface area contributed by atoms with Gasteiger partial charge in [-0.3, -0.25) is 14.5 Å². The number of hydrogen-bond donors (Lipinski definition) is 1. The second-order valence-electron chi connectivity index (χ2n) is 7.66. The van der Waals surface area contributed by atoms with Gasteiger partial charge in [0.2, 0.25) is 11.8 Å². The Labute approximate surface area is 169 Å². The van der Waals surface area contributed by atoms with Crippen LogP contribution in [0.5, 0.6) is 0 Å². The molecule has 0 aromatic carbocycles. The van der Waals surface area contributed by atoms with Crippen LogP contribution in [0.1, 0.15) is 44.9 Å². The normalized spacial score (nSPS) is 26.8. The Morgan fingerprint density at radius 1 is 0.769 bits per heavy atom. The summed E-state index contributed by atoms with van der Waals surface area (Å²) in [5, 5.41) is 0. The molecule has 2 amide bonds. The number of nitrogens with two attached hydrogens (primary N) is 1. The molecule has 26 heavy (non-hydrogen) atoms. The fraction of sp³-hybridized carbons (Fsp3) is 0.889. The third-order valence-electron chi connectivity index (χ3n) is 5.91. The second kappa shape index (κ2) is 11.3. The van der Waals surface area contributed by atoms with E-state index < -0.39 is 0 Å². The lowest BCUT2D eigenvalue weighted by molar-refractivity contribution is -0.132. The summed E-state index contributed by atoms with van der Waals surface area (Å²) < 4.78 is 0. The summed E-state index contributed by atoms with van der Waals surface area (Å²) in [7, 11) is 0. The first-order valence-corrected chi connectivity index (χ1v) is 9.67. The molecule has 3 fully saturated rings. The lowest BCUT2D eigenvalue weighted by atomic mass is 9.99. The van der Waals surface area contributed by atoms with E-state index in [2.05, 4.69) is 4.90 Å². The number of carbonyl (C=O) groups is 2. The van der Waals surface area contributed by atoms with E-state index in [4.69, 9.17) is 5.73 Å². The van der Waals surface area contributed by atoms with Crippen molar-refractivity contribution in [1.29, 1.82) is 0 Å². The lowest BCUT2D eigenvalue weighted by Gasteiger charge is -2.25. The van der Waals surface area contributed by atoms with E-state index in [1.807, 2.05) is 9.80 Å². The first-order valence-electron chi connectivity index (χ1n) is 9.67. The van der Waals surface area contributed by atoms with Gasteiger partial charge in [-0.2, -0.15) is 0 Å². The second-order valence-corrected chi connectivity index (χ2v) is 7.66. The number of amides is 2. The minimum absolute atomic E-state index is 0. The van der Waals surface area contributed by atoms with Gasteiger partial charge in [0.1, 0.15) is 0 Å². The van der Waals surface area contributed by atoms with E-state index >= 15 is 0 Å². The van der Waals surface area contributed by atoms with Crippen molar-refractivity contribution < 1.29 is 9.59 Å². The summed E-state index contributed by atoms with van der Waals surface area (Å²) in [6, 6.07) is 0.204. The highest BCUT2D eigenvalue weighted by molar-refractivity contribution is 5.85. The molecule has 0 aromatic rings. The molecule has 0 aromatic heterocycles. The van der Waals surface area contributed by atoms with E-state index in [1.165, 1.54) is 0 Å². The largest absolute Gasteiger partial charge is 0.342 e. The van der Waals surface area contributed by atoms with Crippen LogP contribution in [-0.4, -0.2) is 78.4 Å². The predicted molar refractivity (Wildman–Crippen MR) is 108 cm³/mol. The zero-order valence-electron chi connectivity index (χ0n) is 15.6. The molecular formula is C18H34Cl2N4O2. The summed E-state index contributed by atoms with van der Waals surface area (Å²) in [5.74, 6) is 0.878. The molecule has 152 valence electrons. The maximum Gasteiger partial charge on any atom is 0.236 e. The molecule has 0 radical (unpaired) electrons. The fourth-order valence-corrected chi connectivity index (χ4v) is 4.31. The Morgan fingerprint density at radius 3 is 2.08 bits per heavy atom. The van der Waals surface area contributed by atoms with Crippen LogP contribution < -0.4 is 5.73 Å². The van der Waals surface area contributed by atoms with Gasteiger partial charge in [0.25, 0.3) is 0 Å². The smallest absolute Gasteiger partial charge is 0.236 e. The van der Waals surface area contributed by atoms with Crippen LogP contribution in [0.15, 0.2) is 0 Å². The zero-order chi connectivity index (χ0) is 16.9. The summed E-state index contributed by atoms with van der Waals surface area (Å²) in [6.45, 7) is 5.62. The van der Waals surface area contributed by atoms with Gasteiger partial charge in [0.05, 0.1) is 6.54 Å². The molecule has 2 heterocycles. The third-order valence-corrected chi connectivity index (χ3v) is 5.91. The van der Waals surface area contributed by atoms with E-state index in [0.29, 0.717) is 18.9 Å². The van der Waals surface area contributed by atoms with Gasteiger partial charge in [0, 0.05) is 51.7 Å². The Morgan fingerprint density at radius 2 is 1.42 bits per heavy atom. The monoisotopic (exact) mass is 408 g/mol. The summed E-state index contributed by atoms with van der Waals surface area (Å²) >= 11 is 0. The van der Waals surface area contributed by atoms with Gasteiger partial charge in [0.15, 0.2) is 0 Å². The van der Waals surface area contributed by atoms with Gasteiger partial charge < -0.3 is 15.5 Å². The number of halogens is 2. The van der Waals surface area contributed by atoms with Crippen LogP contribution in [0.25, 0.3) is 0 Å². The SMILES string of the molecule is Cl.Cl.N[C@@H]1CCC[C@H]1CC(=O)N1CCCN(CC(=O)N2CCCC2)CC1. The van der Waals surface area contributed by atoms with Gasteiger partial charge in [-0.05, 0) is 38.0 Å². The van der Waals surface area contributed by atoms with Crippen molar-refractivity contribution in [3.05, 3.63) is 0 Å². The van der Waals surface area contributed by atoms with Crippen molar-refractivity contribution in [2.24, 2.45) is 11.7 Å². The van der Waals surface area contributed by atoms with Crippen LogP contribution in [0.4, 0.5) is 0 Å². The van der Waals surface area contributed by atoms with E-state index in [1.54, 1.807) is 0 Å². The molecule has 3 rings (SSSR count). The molecule has 8 heteroatoms. The van der Waals surface area contributed by atoms with Crippen molar-refractivity contribution in [2.75, 3.05) is 45.8 Å². The summed E-state index contributed by atoms with van der Waals surface area (Å²) in [5.41, 5.74) is 6.10. The highest BCUT2D eigenvalue weighted by atomic mass is 35.5. The Balaban J connectivity index is 0.00000169. The Kier molecular flexibility index (Phi) is 10.2. The van der Waals surface area contributed by atoms with Gasteiger partial charge in [-0.25, -0.2) is 0 Å². The van der Waals surface area contributed by atoms with Crippen molar-refractivity contribution >= 4 is 36.6 Å². The predicted octanol–water partition coefficient (Wildman–Crippen LogP) is 1.50. The molecular weight excluding hydrogens is 375 g/mol. The molecule has 0 unspecified atom stereocenters. The molecule has 2 aliphatic heterocycles.